The summed E-state index contributed by atoms with van der Waals surface area (Å²) in [5.74, 6) is -2.88. The normalized spacial score (nSPS) is 28.9. The highest BCUT2D eigenvalue weighted by atomic mass is 35.5. The summed E-state index contributed by atoms with van der Waals surface area (Å²) in [6.07, 6.45) is -0.382. The second kappa shape index (κ2) is 2.61. The molecular weight excluding hydrogens is 212 g/mol. The van der Waals surface area contributed by atoms with E-state index in [9.17, 15) is 8.78 Å². The summed E-state index contributed by atoms with van der Waals surface area (Å²) in [5, 5.41) is -0.0486. The summed E-state index contributed by atoms with van der Waals surface area (Å²) in [4.78, 5) is 7.49. The predicted octanol–water partition coefficient (Wildman–Crippen LogP) is 1.63. The molecule has 0 amide bonds. The fraction of sp³-hybridized carbons (Fsp3) is 0.500. The molecule has 3 nitrogen and oxygen atoms in total. The first-order valence-electron chi connectivity index (χ1n) is 4.03. The first-order chi connectivity index (χ1) is 6.35. The molecule has 2 rings (SSSR count). The van der Waals surface area contributed by atoms with E-state index in [0.29, 0.717) is 5.69 Å². The molecule has 14 heavy (non-hydrogen) atoms. The monoisotopic (exact) mass is 219 g/mol. The van der Waals surface area contributed by atoms with Gasteiger partial charge < -0.3 is 5.73 Å². The van der Waals surface area contributed by atoms with E-state index in [0.717, 1.165) is 0 Å². The Hall–Kier alpha value is -0.810. The van der Waals surface area contributed by atoms with Gasteiger partial charge in [-0.15, -0.1) is 0 Å². The Morgan fingerprint density at radius 3 is 2.50 bits per heavy atom. The van der Waals surface area contributed by atoms with E-state index >= 15 is 0 Å². The maximum atomic E-state index is 12.9. The van der Waals surface area contributed by atoms with Gasteiger partial charge in [-0.1, -0.05) is 0 Å². The van der Waals surface area contributed by atoms with Crippen LogP contribution >= 0.6 is 11.6 Å². The van der Waals surface area contributed by atoms with Crippen LogP contribution in [0.4, 0.5) is 8.78 Å². The fourth-order valence-corrected chi connectivity index (χ4v) is 1.57. The zero-order valence-corrected chi connectivity index (χ0v) is 8.15. The predicted molar refractivity (Wildman–Crippen MR) is 47.2 cm³/mol. The van der Waals surface area contributed by atoms with E-state index in [1.807, 2.05) is 0 Å². The molecule has 1 aliphatic rings. The zero-order valence-electron chi connectivity index (χ0n) is 7.39. The van der Waals surface area contributed by atoms with Gasteiger partial charge in [-0.05, 0) is 24.6 Å². The lowest BCUT2D eigenvalue weighted by Crippen LogP contribution is -2.28. The highest BCUT2D eigenvalue weighted by Crippen LogP contribution is 2.57. The molecule has 0 saturated heterocycles. The molecule has 1 fully saturated rings. The number of hydrogen-bond donors (Lipinski definition) is 1. The minimum absolute atomic E-state index is 0.0486. The van der Waals surface area contributed by atoms with E-state index in [2.05, 4.69) is 9.97 Å². The number of aryl methyl sites for hydroxylation is 1. The largest absolute Gasteiger partial charge is 0.315 e. The van der Waals surface area contributed by atoms with Gasteiger partial charge in [0, 0.05) is 12.1 Å². The summed E-state index contributed by atoms with van der Waals surface area (Å²) in [5.41, 5.74) is 4.48. The molecule has 1 heterocycles. The lowest BCUT2D eigenvalue weighted by Gasteiger charge is -2.09. The summed E-state index contributed by atoms with van der Waals surface area (Å²) >= 11 is 5.55. The van der Waals surface area contributed by atoms with Crippen molar-refractivity contribution in [3.63, 3.8) is 0 Å². The van der Waals surface area contributed by atoms with Crippen molar-refractivity contribution in [1.29, 1.82) is 0 Å². The molecule has 0 bridgehead atoms. The van der Waals surface area contributed by atoms with Crippen molar-refractivity contribution < 1.29 is 8.78 Å². The van der Waals surface area contributed by atoms with Gasteiger partial charge in [0.25, 0.3) is 5.92 Å². The molecule has 0 aliphatic heterocycles. The molecule has 1 atom stereocenters. The fourth-order valence-electron chi connectivity index (χ4n) is 1.34. The van der Waals surface area contributed by atoms with Gasteiger partial charge in [0.2, 0.25) is 5.28 Å². The van der Waals surface area contributed by atoms with Crippen LogP contribution in [0.2, 0.25) is 5.28 Å². The molecule has 1 unspecified atom stereocenters. The molecular formula is C8H8ClF2N3. The van der Waals surface area contributed by atoms with Crippen molar-refractivity contribution in [3.8, 4) is 0 Å². The van der Waals surface area contributed by atoms with Crippen LogP contribution < -0.4 is 5.73 Å². The second-order valence-electron chi connectivity index (χ2n) is 3.52. The third-order valence-electron chi connectivity index (χ3n) is 2.31. The van der Waals surface area contributed by atoms with E-state index in [1.54, 1.807) is 6.92 Å². The zero-order chi connectivity index (χ0) is 10.6. The lowest BCUT2D eigenvalue weighted by molar-refractivity contribution is 0.0881. The van der Waals surface area contributed by atoms with Crippen molar-refractivity contribution in [2.24, 2.45) is 5.73 Å². The average molecular weight is 220 g/mol. The number of alkyl halides is 2. The van der Waals surface area contributed by atoms with Gasteiger partial charge in [0.1, 0.15) is 5.54 Å². The van der Waals surface area contributed by atoms with E-state index in [-0.39, 0.29) is 17.4 Å². The average Bonchev–Trinajstić information content (AvgIpc) is 2.50. The van der Waals surface area contributed by atoms with Crippen LogP contribution in [-0.4, -0.2) is 15.9 Å². The van der Waals surface area contributed by atoms with Gasteiger partial charge in [-0.2, -0.15) is 0 Å². The Morgan fingerprint density at radius 2 is 2.07 bits per heavy atom. The van der Waals surface area contributed by atoms with Crippen LogP contribution in [0.1, 0.15) is 17.8 Å². The Kier molecular flexibility index (Phi) is 1.81. The highest BCUT2D eigenvalue weighted by Gasteiger charge is 2.71. The molecule has 1 aliphatic carbocycles. The number of halogens is 3. The first kappa shape index (κ1) is 9.73. The van der Waals surface area contributed by atoms with Crippen molar-refractivity contribution in [2.75, 3.05) is 0 Å². The minimum Gasteiger partial charge on any atom is -0.315 e. The summed E-state index contributed by atoms with van der Waals surface area (Å²) < 4.78 is 25.8. The number of rotatable bonds is 1. The Morgan fingerprint density at radius 1 is 1.50 bits per heavy atom. The van der Waals surface area contributed by atoms with Crippen molar-refractivity contribution in [2.45, 2.75) is 24.8 Å². The van der Waals surface area contributed by atoms with E-state index in [1.165, 1.54) is 6.07 Å². The van der Waals surface area contributed by atoms with Crippen molar-refractivity contribution >= 4 is 11.6 Å². The Labute approximate surface area is 84.3 Å². The molecule has 76 valence electrons. The van der Waals surface area contributed by atoms with Gasteiger partial charge in [0.15, 0.2) is 0 Å². The van der Waals surface area contributed by atoms with Gasteiger partial charge >= 0.3 is 0 Å². The number of hydrogen-bond acceptors (Lipinski definition) is 3. The molecule has 6 heteroatoms. The summed E-state index contributed by atoms with van der Waals surface area (Å²) in [6, 6.07) is 1.44. The van der Waals surface area contributed by atoms with Gasteiger partial charge in [-0.25, -0.2) is 18.7 Å². The van der Waals surface area contributed by atoms with Crippen LogP contribution in [0.15, 0.2) is 6.07 Å². The number of nitrogens with zero attached hydrogens (tertiary/aromatic N) is 2. The van der Waals surface area contributed by atoms with Crippen LogP contribution in [0.3, 0.4) is 0 Å². The molecule has 2 N–H and O–H groups in total. The van der Waals surface area contributed by atoms with E-state index in [4.69, 9.17) is 17.3 Å². The maximum Gasteiger partial charge on any atom is 0.273 e. The quantitative estimate of drug-likeness (QED) is 0.731. The molecule has 0 radical (unpaired) electrons. The minimum atomic E-state index is -2.88. The second-order valence-corrected chi connectivity index (χ2v) is 3.85. The van der Waals surface area contributed by atoms with Gasteiger partial charge in [-0.3, -0.25) is 0 Å². The van der Waals surface area contributed by atoms with Crippen LogP contribution in [0, 0.1) is 6.92 Å². The molecule has 0 spiro atoms. The van der Waals surface area contributed by atoms with Gasteiger partial charge in [0.05, 0.1) is 5.69 Å². The molecule has 1 saturated carbocycles. The Balaban J connectivity index is 2.44. The van der Waals surface area contributed by atoms with Crippen LogP contribution in [0.25, 0.3) is 0 Å². The van der Waals surface area contributed by atoms with Crippen molar-refractivity contribution in [3.05, 3.63) is 22.7 Å². The first-order valence-corrected chi connectivity index (χ1v) is 4.41. The summed E-state index contributed by atoms with van der Waals surface area (Å²) in [6.45, 7) is 1.65. The summed E-state index contributed by atoms with van der Waals surface area (Å²) in [7, 11) is 0. The van der Waals surface area contributed by atoms with Crippen LogP contribution in [0.5, 0.6) is 0 Å². The number of nitrogens with two attached hydrogens (primary N) is 1. The SMILES string of the molecule is Cc1cc(C2(N)CC2(F)F)nc(Cl)n1. The third-order valence-corrected chi connectivity index (χ3v) is 2.48. The van der Waals surface area contributed by atoms with Crippen LogP contribution in [-0.2, 0) is 5.54 Å². The number of aromatic nitrogens is 2. The third kappa shape index (κ3) is 1.27. The lowest BCUT2D eigenvalue weighted by atomic mass is 10.1. The maximum absolute atomic E-state index is 12.9. The topological polar surface area (TPSA) is 51.8 Å². The highest BCUT2D eigenvalue weighted by molar-refractivity contribution is 6.28. The smallest absolute Gasteiger partial charge is 0.273 e. The molecule has 0 aromatic carbocycles. The standard InChI is InChI=1S/C8H8ClF2N3/c1-4-2-5(14-6(9)13-4)7(12)3-8(7,10)11/h2H,3,12H2,1H3. The van der Waals surface area contributed by atoms with Crippen molar-refractivity contribution in [1.82, 2.24) is 9.97 Å². The Bertz CT molecular complexity index is 376. The van der Waals surface area contributed by atoms with E-state index < -0.39 is 11.5 Å². The molecule has 1 aromatic heterocycles. The molecule has 1 aromatic rings.